The Morgan fingerprint density at radius 2 is 2.09 bits per heavy atom. The van der Waals surface area contributed by atoms with E-state index in [1.54, 1.807) is 24.3 Å². The highest BCUT2D eigenvalue weighted by molar-refractivity contribution is 7.16. The van der Waals surface area contributed by atoms with Crippen molar-refractivity contribution in [1.82, 2.24) is 14.6 Å². The van der Waals surface area contributed by atoms with Crippen LogP contribution in [0.25, 0.3) is 16.9 Å². The second kappa shape index (κ2) is 8.83. The van der Waals surface area contributed by atoms with Crippen LogP contribution < -0.4 is 10.1 Å². The molecule has 0 unspecified atom stereocenters. The van der Waals surface area contributed by atoms with Crippen LogP contribution in [0.1, 0.15) is 51.3 Å². The van der Waals surface area contributed by atoms with Gasteiger partial charge in [-0.1, -0.05) is 12.1 Å². The molecule has 1 amide bonds. The lowest BCUT2D eigenvalue weighted by Gasteiger charge is -2.11. The third-order valence-corrected chi connectivity index (χ3v) is 7.07. The van der Waals surface area contributed by atoms with Crippen LogP contribution in [0, 0.1) is 11.3 Å². The monoisotopic (exact) mass is 479 g/mol. The van der Waals surface area contributed by atoms with E-state index in [0.717, 1.165) is 40.6 Å². The van der Waals surface area contributed by atoms with Gasteiger partial charge in [0.15, 0.2) is 5.65 Å². The van der Waals surface area contributed by atoms with Gasteiger partial charge in [-0.25, -0.2) is 18.3 Å². The van der Waals surface area contributed by atoms with E-state index in [-0.39, 0.29) is 16.9 Å². The molecule has 1 aromatic carbocycles. The van der Waals surface area contributed by atoms with E-state index < -0.39 is 18.0 Å². The van der Waals surface area contributed by atoms with Crippen LogP contribution in [-0.4, -0.2) is 27.6 Å². The van der Waals surface area contributed by atoms with Gasteiger partial charge in [-0.3, -0.25) is 4.79 Å². The Labute approximate surface area is 197 Å². The average molecular weight is 480 g/mol. The minimum atomic E-state index is -2.84. The molecule has 0 spiro atoms. The van der Waals surface area contributed by atoms with Gasteiger partial charge in [0.25, 0.3) is 12.3 Å². The fraction of sp³-hybridized carbons (Fsp3) is 0.250. The number of amides is 1. The number of methoxy groups -OCH3 is 1. The number of aryl methyl sites for hydroxylation is 1. The SMILES string of the molecule is COc1ccccc1-c1cc(C(F)F)n2ncc(C(=O)Nc3sc4c(c3C#N)CCCC4)c2n1. The number of ether oxygens (including phenoxy) is 1. The summed E-state index contributed by atoms with van der Waals surface area (Å²) in [6.07, 6.45) is 2.11. The van der Waals surface area contributed by atoms with Gasteiger partial charge in [0, 0.05) is 10.4 Å². The molecule has 3 heterocycles. The second-order valence-electron chi connectivity index (χ2n) is 7.84. The molecule has 0 atom stereocenters. The van der Waals surface area contributed by atoms with Crippen molar-refractivity contribution < 1.29 is 18.3 Å². The number of carbonyl (C=O) groups is 1. The van der Waals surface area contributed by atoms with Crippen molar-refractivity contribution >= 4 is 27.9 Å². The van der Waals surface area contributed by atoms with E-state index in [0.29, 0.717) is 21.9 Å². The van der Waals surface area contributed by atoms with Crippen LogP contribution in [0.15, 0.2) is 36.5 Å². The zero-order valence-corrected chi connectivity index (χ0v) is 19.0. The number of nitrogens with zero attached hydrogens (tertiary/aromatic N) is 4. The standard InChI is InChI=1S/C24H19F2N5O2S/c1-33-19-8-4-2-7-14(19)17-10-18(21(25)26)31-22(29-17)16(12-28-31)23(32)30-24-15(11-27)13-6-3-5-9-20(13)34-24/h2,4,7-8,10,12,21H,3,5-6,9H2,1H3,(H,30,32). The number of aromatic nitrogens is 3. The fourth-order valence-electron chi connectivity index (χ4n) is 4.24. The Bertz CT molecular complexity index is 1450. The van der Waals surface area contributed by atoms with Crippen molar-refractivity contribution in [3.05, 3.63) is 63.8 Å². The maximum Gasteiger partial charge on any atom is 0.280 e. The fourth-order valence-corrected chi connectivity index (χ4v) is 5.47. The quantitative estimate of drug-likeness (QED) is 0.413. The van der Waals surface area contributed by atoms with Gasteiger partial charge in [0.1, 0.15) is 28.1 Å². The average Bonchev–Trinajstić information content (AvgIpc) is 3.44. The van der Waals surface area contributed by atoms with Gasteiger partial charge in [-0.2, -0.15) is 10.4 Å². The molecule has 1 N–H and O–H groups in total. The summed E-state index contributed by atoms with van der Waals surface area (Å²) in [5.74, 6) is -0.0945. The van der Waals surface area contributed by atoms with Crippen molar-refractivity contribution in [2.45, 2.75) is 32.1 Å². The smallest absolute Gasteiger partial charge is 0.280 e. The van der Waals surface area contributed by atoms with Crippen LogP contribution in [0.3, 0.4) is 0 Å². The number of nitriles is 1. The van der Waals surface area contributed by atoms with Crippen LogP contribution in [0.4, 0.5) is 13.8 Å². The van der Waals surface area contributed by atoms with Crippen molar-refractivity contribution in [2.75, 3.05) is 12.4 Å². The number of thiophene rings is 1. The molecule has 0 radical (unpaired) electrons. The highest BCUT2D eigenvalue weighted by atomic mass is 32.1. The number of para-hydroxylation sites is 1. The van der Waals surface area contributed by atoms with Gasteiger partial charge in [0.2, 0.25) is 0 Å². The van der Waals surface area contributed by atoms with Crippen molar-refractivity contribution in [3.63, 3.8) is 0 Å². The third kappa shape index (κ3) is 3.68. The Morgan fingerprint density at radius 1 is 1.29 bits per heavy atom. The summed E-state index contributed by atoms with van der Waals surface area (Å²) < 4.78 is 34.1. The molecule has 0 saturated carbocycles. The summed E-state index contributed by atoms with van der Waals surface area (Å²) in [6.45, 7) is 0. The van der Waals surface area contributed by atoms with Gasteiger partial charge in [0.05, 0.1) is 24.6 Å². The molecule has 4 aromatic rings. The van der Waals surface area contributed by atoms with Crippen molar-refractivity contribution in [2.24, 2.45) is 0 Å². The highest BCUT2D eigenvalue weighted by Gasteiger charge is 2.25. The summed E-state index contributed by atoms with van der Waals surface area (Å²) in [6, 6.07) is 10.4. The molecule has 0 saturated heterocycles. The molecule has 172 valence electrons. The number of hydrogen-bond acceptors (Lipinski definition) is 6. The normalized spacial score (nSPS) is 13.0. The van der Waals surface area contributed by atoms with E-state index in [9.17, 15) is 18.8 Å². The van der Waals surface area contributed by atoms with Gasteiger partial charge in [-0.05, 0) is 49.4 Å². The lowest BCUT2D eigenvalue weighted by molar-refractivity contribution is 0.102. The topological polar surface area (TPSA) is 92.3 Å². The molecule has 7 nitrogen and oxygen atoms in total. The largest absolute Gasteiger partial charge is 0.496 e. The Balaban J connectivity index is 1.60. The van der Waals surface area contributed by atoms with Gasteiger partial charge in [-0.15, -0.1) is 11.3 Å². The number of carbonyl (C=O) groups excluding carboxylic acids is 1. The molecular weight excluding hydrogens is 460 g/mol. The Hall–Kier alpha value is -3.84. The van der Waals surface area contributed by atoms with Crippen LogP contribution in [-0.2, 0) is 12.8 Å². The zero-order valence-electron chi connectivity index (χ0n) is 18.1. The van der Waals surface area contributed by atoms with Crippen LogP contribution in [0.2, 0.25) is 0 Å². The van der Waals surface area contributed by atoms with Crippen molar-refractivity contribution in [1.29, 1.82) is 5.26 Å². The summed E-state index contributed by atoms with van der Waals surface area (Å²) in [5.41, 5.74) is 1.85. The molecule has 34 heavy (non-hydrogen) atoms. The van der Waals surface area contributed by atoms with Crippen LogP contribution >= 0.6 is 11.3 Å². The first-order chi connectivity index (χ1) is 16.5. The molecule has 10 heteroatoms. The molecular formula is C24H19F2N5O2S. The summed E-state index contributed by atoms with van der Waals surface area (Å²) >= 11 is 1.39. The molecule has 1 aliphatic carbocycles. The Morgan fingerprint density at radius 3 is 2.85 bits per heavy atom. The highest BCUT2D eigenvalue weighted by Crippen LogP contribution is 2.38. The minimum absolute atomic E-state index is 0.00367. The molecule has 0 bridgehead atoms. The molecule has 1 aliphatic rings. The predicted molar refractivity (Wildman–Crippen MR) is 124 cm³/mol. The van der Waals surface area contributed by atoms with Crippen LogP contribution in [0.5, 0.6) is 5.75 Å². The summed E-state index contributed by atoms with van der Waals surface area (Å²) in [4.78, 5) is 18.8. The lowest BCUT2D eigenvalue weighted by atomic mass is 9.96. The first-order valence-corrected chi connectivity index (χ1v) is 11.5. The molecule has 0 aliphatic heterocycles. The lowest BCUT2D eigenvalue weighted by Crippen LogP contribution is -2.13. The number of nitrogens with one attached hydrogen (secondary N) is 1. The summed E-state index contributed by atoms with van der Waals surface area (Å²) in [7, 11) is 1.48. The van der Waals surface area contributed by atoms with E-state index in [2.05, 4.69) is 21.5 Å². The van der Waals surface area contributed by atoms with E-state index in [1.807, 2.05) is 0 Å². The van der Waals surface area contributed by atoms with Crippen molar-refractivity contribution in [3.8, 4) is 23.1 Å². The number of rotatable bonds is 5. The van der Waals surface area contributed by atoms with Gasteiger partial charge >= 0.3 is 0 Å². The first kappa shape index (κ1) is 22.0. The molecule has 0 fully saturated rings. The Kier molecular flexibility index (Phi) is 5.71. The zero-order chi connectivity index (χ0) is 23.8. The number of halogens is 2. The minimum Gasteiger partial charge on any atom is -0.496 e. The number of alkyl halides is 2. The van der Waals surface area contributed by atoms with E-state index >= 15 is 0 Å². The van der Waals surface area contributed by atoms with Gasteiger partial charge < -0.3 is 10.1 Å². The molecule has 5 rings (SSSR count). The first-order valence-electron chi connectivity index (χ1n) is 10.7. The number of fused-ring (bicyclic) bond motifs is 2. The predicted octanol–water partition coefficient (Wildman–Crippen LogP) is 5.41. The molecule has 3 aromatic heterocycles. The van der Waals surface area contributed by atoms with E-state index in [1.165, 1.54) is 30.7 Å². The second-order valence-corrected chi connectivity index (χ2v) is 8.95. The number of anilines is 1. The third-order valence-electron chi connectivity index (χ3n) is 5.86. The maximum atomic E-state index is 13.9. The summed E-state index contributed by atoms with van der Waals surface area (Å²) in [5, 5.41) is 16.9. The number of hydrogen-bond donors (Lipinski definition) is 1. The maximum absolute atomic E-state index is 13.9. The van der Waals surface area contributed by atoms with E-state index in [4.69, 9.17) is 4.74 Å². The number of benzene rings is 1.